The standard InChI is InChI=1S/C21H17NO3/c1-22(20(23)16-10-4-2-5-11-16)19-15-9-8-14-18(19)21(24)25-17-12-6-3-7-13-17/h2-15H,1H3. The van der Waals surface area contributed by atoms with Gasteiger partial charge in [0.05, 0.1) is 11.3 Å². The van der Waals surface area contributed by atoms with Gasteiger partial charge in [-0.25, -0.2) is 4.79 Å². The van der Waals surface area contributed by atoms with Gasteiger partial charge in [-0.05, 0) is 36.4 Å². The van der Waals surface area contributed by atoms with Crippen LogP contribution in [0.3, 0.4) is 0 Å². The predicted octanol–water partition coefficient (Wildman–Crippen LogP) is 4.18. The topological polar surface area (TPSA) is 46.6 Å². The molecular weight excluding hydrogens is 314 g/mol. The molecule has 124 valence electrons. The Labute approximate surface area is 146 Å². The van der Waals surface area contributed by atoms with Crippen LogP contribution in [0.4, 0.5) is 5.69 Å². The van der Waals surface area contributed by atoms with Gasteiger partial charge in [0.2, 0.25) is 0 Å². The van der Waals surface area contributed by atoms with Gasteiger partial charge in [0.15, 0.2) is 0 Å². The summed E-state index contributed by atoms with van der Waals surface area (Å²) >= 11 is 0. The molecule has 0 aliphatic rings. The van der Waals surface area contributed by atoms with Crippen molar-refractivity contribution in [2.75, 3.05) is 11.9 Å². The average Bonchev–Trinajstić information content (AvgIpc) is 2.68. The average molecular weight is 331 g/mol. The summed E-state index contributed by atoms with van der Waals surface area (Å²) in [5.41, 5.74) is 1.38. The van der Waals surface area contributed by atoms with Gasteiger partial charge in [0.1, 0.15) is 5.75 Å². The normalized spacial score (nSPS) is 10.1. The van der Waals surface area contributed by atoms with Crippen molar-refractivity contribution in [3.63, 3.8) is 0 Å². The SMILES string of the molecule is CN(C(=O)c1ccccc1)c1ccccc1C(=O)Oc1ccccc1. The summed E-state index contributed by atoms with van der Waals surface area (Å²) in [6.45, 7) is 0. The van der Waals surface area contributed by atoms with E-state index in [9.17, 15) is 9.59 Å². The molecule has 0 aliphatic heterocycles. The maximum absolute atomic E-state index is 12.7. The Morgan fingerprint density at radius 1 is 0.760 bits per heavy atom. The summed E-state index contributed by atoms with van der Waals surface area (Å²) in [7, 11) is 1.64. The van der Waals surface area contributed by atoms with E-state index in [0.29, 0.717) is 22.6 Å². The first-order valence-corrected chi connectivity index (χ1v) is 7.86. The number of para-hydroxylation sites is 2. The second kappa shape index (κ2) is 7.45. The molecule has 0 saturated heterocycles. The molecule has 0 saturated carbocycles. The van der Waals surface area contributed by atoms with Crippen molar-refractivity contribution in [1.29, 1.82) is 0 Å². The molecule has 1 amide bonds. The molecule has 3 aromatic rings. The molecule has 0 aromatic heterocycles. The van der Waals surface area contributed by atoms with Gasteiger partial charge in [-0.3, -0.25) is 4.79 Å². The molecular formula is C21H17NO3. The monoisotopic (exact) mass is 331 g/mol. The first-order valence-electron chi connectivity index (χ1n) is 7.86. The number of hydrogen-bond donors (Lipinski definition) is 0. The minimum atomic E-state index is -0.505. The number of hydrogen-bond acceptors (Lipinski definition) is 3. The third-order valence-electron chi connectivity index (χ3n) is 3.76. The van der Waals surface area contributed by atoms with E-state index in [1.807, 2.05) is 12.1 Å². The fourth-order valence-corrected chi connectivity index (χ4v) is 2.47. The Hall–Kier alpha value is -3.40. The highest BCUT2D eigenvalue weighted by Gasteiger charge is 2.20. The second-order valence-corrected chi connectivity index (χ2v) is 5.45. The van der Waals surface area contributed by atoms with E-state index >= 15 is 0 Å². The summed E-state index contributed by atoms with van der Waals surface area (Å²) in [6.07, 6.45) is 0. The molecule has 0 N–H and O–H groups in total. The highest BCUT2D eigenvalue weighted by atomic mass is 16.5. The zero-order valence-electron chi connectivity index (χ0n) is 13.8. The summed E-state index contributed by atoms with van der Waals surface area (Å²) < 4.78 is 5.40. The summed E-state index contributed by atoms with van der Waals surface area (Å²) in [6, 6.07) is 24.7. The molecule has 4 nitrogen and oxygen atoms in total. The number of ether oxygens (including phenoxy) is 1. The first kappa shape index (κ1) is 16.5. The lowest BCUT2D eigenvalue weighted by atomic mass is 10.1. The quantitative estimate of drug-likeness (QED) is 0.532. The Kier molecular flexibility index (Phi) is 4.90. The third kappa shape index (κ3) is 3.75. The molecule has 0 radical (unpaired) electrons. The molecule has 0 heterocycles. The molecule has 25 heavy (non-hydrogen) atoms. The van der Waals surface area contributed by atoms with Crippen molar-refractivity contribution in [1.82, 2.24) is 0 Å². The number of nitrogens with zero attached hydrogens (tertiary/aromatic N) is 1. The highest BCUT2D eigenvalue weighted by Crippen LogP contribution is 2.23. The van der Waals surface area contributed by atoms with Crippen LogP contribution in [0.1, 0.15) is 20.7 Å². The fraction of sp³-hybridized carbons (Fsp3) is 0.0476. The minimum Gasteiger partial charge on any atom is -0.423 e. The molecule has 0 aliphatic carbocycles. The number of carbonyl (C=O) groups excluding carboxylic acids is 2. The van der Waals surface area contributed by atoms with Gasteiger partial charge in [-0.2, -0.15) is 0 Å². The van der Waals surface area contributed by atoms with E-state index in [0.717, 1.165) is 0 Å². The van der Waals surface area contributed by atoms with Crippen LogP contribution in [0.5, 0.6) is 5.75 Å². The number of amides is 1. The zero-order chi connectivity index (χ0) is 17.6. The van der Waals surface area contributed by atoms with Gasteiger partial charge in [0.25, 0.3) is 5.91 Å². The predicted molar refractivity (Wildman–Crippen MR) is 97.0 cm³/mol. The van der Waals surface area contributed by atoms with E-state index in [2.05, 4.69) is 0 Å². The molecule has 0 spiro atoms. The van der Waals surface area contributed by atoms with Crippen LogP contribution in [0.2, 0.25) is 0 Å². The largest absolute Gasteiger partial charge is 0.423 e. The van der Waals surface area contributed by atoms with Crippen molar-refractivity contribution in [3.8, 4) is 5.75 Å². The molecule has 0 unspecified atom stereocenters. The maximum Gasteiger partial charge on any atom is 0.345 e. The Bertz CT molecular complexity index is 876. The van der Waals surface area contributed by atoms with E-state index in [-0.39, 0.29) is 5.91 Å². The fourth-order valence-electron chi connectivity index (χ4n) is 2.47. The van der Waals surface area contributed by atoms with Gasteiger partial charge >= 0.3 is 5.97 Å². The van der Waals surface area contributed by atoms with Crippen molar-refractivity contribution in [3.05, 3.63) is 96.1 Å². The number of carbonyl (C=O) groups is 2. The van der Waals surface area contributed by atoms with Crippen LogP contribution in [0.25, 0.3) is 0 Å². The Balaban J connectivity index is 1.88. The lowest BCUT2D eigenvalue weighted by Crippen LogP contribution is -2.28. The van der Waals surface area contributed by atoms with Crippen LogP contribution in [0.15, 0.2) is 84.9 Å². The van der Waals surface area contributed by atoms with Crippen molar-refractivity contribution < 1.29 is 14.3 Å². The number of rotatable bonds is 4. The smallest absolute Gasteiger partial charge is 0.345 e. The number of anilines is 1. The minimum absolute atomic E-state index is 0.194. The van der Waals surface area contributed by atoms with E-state index in [4.69, 9.17) is 4.74 Å². The molecule has 0 bridgehead atoms. The summed E-state index contributed by atoms with van der Waals surface area (Å²) in [5, 5.41) is 0. The van der Waals surface area contributed by atoms with E-state index in [1.165, 1.54) is 4.90 Å². The molecule has 3 aromatic carbocycles. The lowest BCUT2D eigenvalue weighted by Gasteiger charge is -2.20. The van der Waals surface area contributed by atoms with Gasteiger partial charge < -0.3 is 9.64 Å². The number of esters is 1. The summed E-state index contributed by atoms with van der Waals surface area (Å²) in [4.78, 5) is 26.6. The van der Waals surface area contributed by atoms with Gasteiger partial charge in [0, 0.05) is 12.6 Å². The summed E-state index contributed by atoms with van der Waals surface area (Å²) in [5.74, 6) is -0.241. The van der Waals surface area contributed by atoms with Crippen molar-refractivity contribution >= 4 is 17.6 Å². The van der Waals surface area contributed by atoms with E-state index in [1.54, 1.807) is 79.8 Å². The highest BCUT2D eigenvalue weighted by molar-refractivity contribution is 6.09. The van der Waals surface area contributed by atoms with Crippen LogP contribution in [0, 0.1) is 0 Å². The number of benzene rings is 3. The van der Waals surface area contributed by atoms with Crippen LogP contribution >= 0.6 is 0 Å². The zero-order valence-corrected chi connectivity index (χ0v) is 13.8. The van der Waals surface area contributed by atoms with Gasteiger partial charge in [-0.1, -0.05) is 48.5 Å². The van der Waals surface area contributed by atoms with E-state index < -0.39 is 5.97 Å². The van der Waals surface area contributed by atoms with Crippen LogP contribution < -0.4 is 9.64 Å². The van der Waals surface area contributed by atoms with Gasteiger partial charge in [-0.15, -0.1) is 0 Å². The Morgan fingerprint density at radius 3 is 2.00 bits per heavy atom. The molecule has 4 heteroatoms. The molecule has 0 atom stereocenters. The first-order chi connectivity index (χ1) is 12.2. The molecule has 0 fully saturated rings. The third-order valence-corrected chi connectivity index (χ3v) is 3.76. The molecule has 3 rings (SSSR count). The second-order valence-electron chi connectivity index (χ2n) is 5.45. The Morgan fingerprint density at radius 2 is 1.32 bits per heavy atom. The van der Waals surface area contributed by atoms with Crippen LogP contribution in [-0.2, 0) is 0 Å². The van der Waals surface area contributed by atoms with Crippen molar-refractivity contribution in [2.45, 2.75) is 0 Å². The maximum atomic E-state index is 12.7. The lowest BCUT2D eigenvalue weighted by molar-refractivity contribution is 0.0735. The van der Waals surface area contributed by atoms with Crippen molar-refractivity contribution in [2.24, 2.45) is 0 Å². The van der Waals surface area contributed by atoms with Crippen LogP contribution in [-0.4, -0.2) is 18.9 Å².